The van der Waals surface area contributed by atoms with E-state index >= 15 is 0 Å². The number of fused-ring (bicyclic) bond motifs is 2. The van der Waals surface area contributed by atoms with E-state index in [1.807, 2.05) is 25.3 Å². The van der Waals surface area contributed by atoms with E-state index in [0.29, 0.717) is 18.0 Å². The Bertz CT molecular complexity index is 1040. The highest BCUT2D eigenvalue weighted by Gasteiger charge is 2.53. The molecule has 0 atom stereocenters. The second-order valence-corrected chi connectivity index (χ2v) is 8.09. The lowest BCUT2D eigenvalue weighted by Gasteiger charge is -2.35. The molecule has 1 aliphatic heterocycles. The Morgan fingerprint density at radius 3 is 2.86 bits per heavy atom. The number of hydrogen-bond donors (Lipinski definition) is 1. The molecule has 0 saturated heterocycles. The fourth-order valence-corrected chi connectivity index (χ4v) is 4.17. The number of rotatable bonds is 5. The molecule has 2 aromatic rings. The third-order valence-corrected chi connectivity index (χ3v) is 5.94. The van der Waals surface area contributed by atoms with E-state index in [1.54, 1.807) is 6.07 Å². The molecule has 9 heteroatoms. The maximum atomic E-state index is 13.8. The van der Waals surface area contributed by atoms with Gasteiger partial charge in [0.05, 0.1) is 5.69 Å². The van der Waals surface area contributed by atoms with Gasteiger partial charge in [0, 0.05) is 54.4 Å². The standard InChI is InChI=1S/C20H19FN6O2/c1-12-4-17(26-18(25-12)29-13-6-20(21,7-13)9-22)27-10-19(2-3-19)14-8-23-16(24-11-28)5-15(14)27/h4-5,8,11,13H,2-3,6-7,10H2,1H3,(H,23,24,28). The summed E-state index contributed by atoms with van der Waals surface area (Å²) in [6.45, 7) is 2.62. The summed E-state index contributed by atoms with van der Waals surface area (Å²) in [6, 6.07) is 5.58. The van der Waals surface area contributed by atoms with Crippen LogP contribution in [0.25, 0.3) is 0 Å². The van der Waals surface area contributed by atoms with Crippen molar-refractivity contribution in [2.24, 2.45) is 0 Å². The lowest BCUT2D eigenvalue weighted by Crippen LogP contribution is -2.45. The van der Waals surface area contributed by atoms with Gasteiger partial charge in [0.15, 0.2) is 0 Å². The second kappa shape index (κ2) is 6.11. The number of nitrogens with one attached hydrogen (secondary N) is 1. The molecule has 1 spiro atoms. The Labute approximate surface area is 166 Å². The van der Waals surface area contributed by atoms with Gasteiger partial charge in [-0.1, -0.05) is 0 Å². The van der Waals surface area contributed by atoms with Crippen molar-refractivity contribution in [3.05, 3.63) is 29.6 Å². The van der Waals surface area contributed by atoms with Crippen LogP contribution >= 0.6 is 0 Å². The number of pyridine rings is 1. The first-order chi connectivity index (χ1) is 13.9. The maximum absolute atomic E-state index is 13.8. The monoisotopic (exact) mass is 394 g/mol. The van der Waals surface area contributed by atoms with Gasteiger partial charge in [-0.2, -0.15) is 10.2 Å². The molecule has 5 rings (SSSR count). The summed E-state index contributed by atoms with van der Waals surface area (Å²) < 4.78 is 19.6. The molecule has 0 unspecified atom stereocenters. The molecule has 148 valence electrons. The van der Waals surface area contributed by atoms with Crippen molar-refractivity contribution in [1.82, 2.24) is 15.0 Å². The van der Waals surface area contributed by atoms with Crippen molar-refractivity contribution in [3.8, 4) is 12.1 Å². The predicted octanol–water partition coefficient (Wildman–Crippen LogP) is 2.70. The summed E-state index contributed by atoms with van der Waals surface area (Å²) in [5.41, 5.74) is 1.12. The summed E-state index contributed by atoms with van der Waals surface area (Å²) >= 11 is 0. The number of amides is 1. The van der Waals surface area contributed by atoms with Gasteiger partial charge in [0.25, 0.3) is 0 Å². The quantitative estimate of drug-likeness (QED) is 0.778. The Balaban J connectivity index is 1.45. The Kier molecular flexibility index (Phi) is 3.75. The molecular formula is C20H19FN6O2. The van der Waals surface area contributed by atoms with Crippen LogP contribution in [0.1, 0.15) is 36.9 Å². The van der Waals surface area contributed by atoms with Crippen molar-refractivity contribution in [2.75, 3.05) is 16.8 Å². The van der Waals surface area contributed by atoms with Crippen LogP contribution in [-0.2, 0) is 10.2 Å². The third kappa shape index (κ3) is 2.95. The average molecular weight is 394 g/mol. The second-order valence-electron chi connectivity index (χ2n) is 8.09. The summed E-state index contributed by atoms with van der Waals surface area (Å²) in [6.07, 6.45) is 4.25. The number of nitriles is 1. The number of carbonyl (C=O) groups is 1. The van der Waals surface area contributed by atoms with Crippen LogP contribution in [0.3, 0.4) is 0 Å². The lowest BCUT2D eigenvalue weighted by molar-refractivity contribution is -0.105. The number of hydrogen-bond acceptors (Lipinski definition) is 7. The topological polar surface area (TPSA) is 104 Å². The van der Waals surface area contributed by atoms with Crippen molar-refractivity contribution in [2.45, 2.75) is 49.8 Å². The Hall–Kier alpha value is -3.28. The van der Waals surface area contributed by atoms with E-state index < -0.39 is 11.8 Å². The normalized spacial score (nSPS) is 25.7. The highest BCUT2D eigenvalue weighted by Crippen LogP contribution is 2.58. The van der Waals surface area contributed by atoms with Crippen LogP contribution in [-0.4, -0.2) is 39.7 Å². The first kappa shape index (κ1) is 17.8. The van der Waals surface area contributed by atoms with E-state index in [9.17, 15) is 9.18 Å². The van der Waals surface area contributed by atoms with Gasteiger partial charge in [-0.05, 0) is 19.8 Å². The SMILES string of the molecule is Cc1cc(N2CC3(CC3)c3cnc(NC=O)cc32)nc(OC2CC(F)(C#N)C2)n1. The molecule has 3 heterocycles. The molecule has 2 saturated carbocycles. The number of aryl methyl sites for hydroxylation is 1. The van der Waals surface area contributed by atoms with E-state index in [4.69, 9.17) is 10.00 Å². The molecule has 1 amide bonds. The van der Waals surface area contributed by atoms with Crippen molar-refractivity contribution in [3.63, 3.8) is 0 Å². The van der Waals surface area contributed by atoms with Gasteiger partial charge in [-0.3, -0.25) is 4.79 Å². The van der Waals surface area contributed by atoms with Crippen molar-refractivity contribution < 1.29 is 13.9 Å². The number of ether oxygens (including phenoxy) is 1. The fraction of sp³-hybridized carbons (Fsp3) is 0.450. The largest absolute Gasteiger partial charge is 0.460 e. The minimum atomic E-state index is -1.81. The smallest absolute Gasteiger partial charge is 0.318 e. The van der Waals surface area contributed by atoms with Gasteiger partial charge in [0.1, 0.15) is 23.8 Å². The van der Waals surface area contributed by atoms with E-state index in [-0.39, 0.29) is 24.3 Å². The van der Waals surface area contributed by atoms with Gasteiger partial charge in [0.2, 0.25) is 12.1 Å². The van der Waals surface area contributed by atoms with E-state index in [0.717, 1.165) is 36.3 Å². The zero-order valence-electron chi connectivity index (χ0n) is 15.9. The van der Waals surface area contributed by atoms with E-state index in [1.165, 1.54) is 0 Å². The molecule has 0 radical (unpaired) electrons. The molecule has 2 fully saturated rings. The number of carbonyl (C=O) groups excluding carboxylic acids is 1. The number of anilines is 3. The van der Waals surface area contributed by atoms with Crippen LogP contribution in [0.2, 0.25) is 0 Å². The Morgan fingerprint density at radius 1 is 1.38 bits per heavy atom. The molecule has 0 bridgehead atoms. The minimum absolute atomic E-state index is 0.0260. The maximum Gasteiger partial charge on any atom is 0.318 e. The highest BCUT2D eigenvalue weighted by molar-refractivity contribution is 5.78. The molecule has 1 N–H and O–H groups in total. The summed E-state index contributed by atoms with van der Waals surface area (Å²) in [4.78, 5) is 26.1. The van der Waals surface area contributed by atoms with Crippen molar-refractivity contribution in [1.29, 1.82) is 5.26 Å². The average Bonchev–Trinajstić information content (AvgIpc) is 3.37. The van der Waals surface area contributed by atoms with Crippen LogP contribution in [0.15, 0.2) is 18.3 Å². The summed E-state index contributed by atoms with van der Waals surface area (Å²) in [5, 5.41) is 11.4. The fourth-order valence-electron chi connectivity index (χ4n) is 4.17. The third-order valence-electron chi connectivity index (χ3n) is 5.94. The minimum Gasteiger partial charge on any atom is -0.460 e. The number of aromatic nitrogens is 3. The van der Waals surface area contributed by atoms with Crippen LogP contribution in [0, 0.1) is 18.3 Å². The number of halogens is 1. The van der Waals surface area contributed by atoms with Crippen LogP contribution < -0.4 is 15.0 Å². The molecule has 8 nitrogen and oxygen atoms in total. The van der Waals surface area contributed by atoms with Gasteiger partial charge < -0.3 is 15.0 Å². The highest BCUT2D eigenvalue weighted by atomic mass is 19.1. The summed E-state index contributed by atoms with van der Waals surface area (Å²) in [7, 11) is 0. The van der Waals surface area contributed by atoms with Gasteiger partial charge >= 0.3 is 6.01 Å². The van der Waals surface area contributed by atoms with Crippen LogP contribution in [0.4, 0.5) is 21.7 Å². The lowest BCUT2D eigenvalue weighted by atomic mass is 9.80. The summed E-state index contributed by atoms with van der Waals surface area (Å²) in [5.74, 6) is 1.17. The zero-order chi connectivity index (χ0) is 20.2. The molecule has 3 aliphatic rings. The molecule has 2 aromatic heterocycles. The first-order valence-electron chi connectivity index (χ1n) is 9.54. The van der Waals surface area contributed by atoms with Gasteiger partial charge in [-0.25, -0.2) is 14.4 Å². The van der Waals surface area contributed by atoms with Crippen LogP contribution in [0.5, 0.6) is 6.01 Å². The first-order valence-corrected chi connectivity index (χ1v) is 9.54. The molecule has 0 aromatic carbocycles. The van der Waals surface area contributed by atoms with Gasteiger partial charge in [-0.15, -0.1) is 0 Å². The van der Waals surface area contributed by atoms with Crippen molar-refractivity contribution >= 4 is 23.7 Å². The molecule has 2 aliphatic carbocycles. The number of nitrogens with zero attached hydrogens (tertiary/aromatic N) is 5. The zero-order valence-corrected chi connectivity index (χ0v) is 15.9. The number of alkyl halides is 1. The Morgan fingerprint density at radius 2 is 2.17 bits per heavy atom. The predicted molar refractivity (Wildman–Crippen MR) is 102 cm³/mol. The van der Waals surface area contributed by atoms with E-state index in [2.05, 4.69) is 25.2 Å². The molecule has 29 heavy (non-hydrogen) atoms. The molecular weight excluding hydrogens is 375 g/mol.